The Morgan fingerprint density at radius 3 is 2.82 bits per heavy atom. The van der Waals surface area contributed by atoms with Crippen molar-refractivity contribution in [3.63, 3.8) is 0 Å². The maximum atomic E-state index is 11.7. The molecule has 1 N–H and O–H groups in total. The van der Waals surface area contributed by atoms with Crippen LogP contribution in [0.25, 0.3) is 11.6 Å². The van der Waals surface area contributed by atoms with Crippen molar-refractivity contribution in [3.8, 4) is 0 Å². The number of allylic oxidation sites excluding steroid dienone is 1. The van der Waals surface area contributed by atoms with Crippen LogP contribution in [-0.4, -0.2) is 14.9 Å². The zero-order valence-electron chi connectivity index (χ0n) is 12.5. The summed E-state index contributed by atoms with van der Waals surface area (Å²) in [7, 11) is 0. The molecule has 116 valence electrons. The first-order chi connectivity index (χ1) is 10.5. The van der Waals surface area contributed by atoms with Crippen molar-refractivity contribution in [1.82, 2.24) is 9.97 Å². The van der Waals surface area contributed by atoms with E-state index in [1.54, 1.807) is 5.38 Å². The SMILES string of the molecule is CCCc1cc(=O)[nH]c(/C(=C\c2csc([N+](=O)[O-])c2)CC)n1. The molecule has 2 heterocycles. The Kier molecular flexibility index (Phi) is 5.21. The number of hydrogen-bond acceptors (Lipinski definition) is 5. The lowest BCUT2D eigenvalue weighted by Crippen LogP contribution is -2.12. The Hall–Kier alpha value is -2.28. The van der Waals surface area contributed by atoms with E-state index in [9.17, 15) is 14.9 Å². The monoisotopic (exact) mass is 319 g/mol. The molecule has 0 radical (unpaired) electrons. The molecule has 6 nitrogen and oxygen atoms in total. The molecule has 0 saturated carbocycles. The lowest BCUT2D eigenvalue weighted by Gasteiger charge is -2.06. The number of aryl methyl sites for hydroxylation is 1. The molecule has 22 heavy (non-hydrogen) atoms. The molecule has 0 unspecified atom stereocenters. The fraction of sp³-hybridized carbons (Fsp3) is 0.333. The van der Waals surface area contributed by atoms with Crippen LogP contribution in [0.15, 0.2) is 22.3 Å². The maximum absolute atomic E-state index is 11.7. The van der Waals surface area contributed by atoms with Crippen LogP contribution in [0.4, 0.5) is 5.00 Å². The van der Waals surface area contributed by atoms with Crippen molar-refractivity contribution in [2.75, 3.05) is 0 Å². The number of rotatable bonds is 6. The highest BCUT2D eigenvalue weighted by Crippen LogP contribution is 2.26. The summed E-state index contributed by atoms with van der Waals surface area (Å²) in [5, 5.41) is 12.6. The Morgan fingerprint density at radius 2 is 2.23 bits per heavy atom. The summed E-state index contributed by atoms with van der Waals surface area (Å²) in [5.41, 5.74) is 2.18. The van der Waals surface area contributed by atoms with Gasteiger partial charge >= 0.3 is 5.00 Å². The second-order valence-corrected chi connectivity index (χ2v) is 5.72. The van der Waals surface area contributed by atoms with Crippen LogP contribution in [0.5, 0.6) is 0 Å². The van der Waals surface area contributed by atoms with E-state index in [-0.39, 0.29) is 10.6 Å². The molecule has 0 atom stereocenters. The molecular formula is C15H17N3O3S. The van der Waals surface area contributed by atoms with E-state index in [1.807, 2.05) is 19.9 Å². The highest BCUT2D eigenvalue weighted by molar-refractivity contribution is 7.13. The first-order valence-electron chi connectivity index (χ1n) is 7.07. The summed E-state index contributed by atoms with van der Waals surface area (Å²) < 4.78 is 0. The van der Waals surface area contributed by atoms with Crippen LogP contribution in [0.2, 0.25) is 0 Å². The normalized spacial score (nSPS) is 11.6. The van der Waals surface area contributed by atoms with E-state index in [0.29, 0.717) is 12.2 Å². The third-order valence-electron chi connectivity index (χ3n) is 3.11. The minimum absolute atomic E-state index is 0.0999. The lowest BCUT2D eigenvalue weighted by atomic mass is 10.1. The van der Waals surface area contributed by atoms with E-state index in [0.717, 1.165) is 41.0 Å². The average molecular weight is 319 g/mol. The predicted octanol–water partition coefficient (Wildman–Crippen LogP) is 3.64. The van der Waals surface area contributed by atoms with Crippen LogP contribution in [0.1, 0.15) is 43.8 Å². The molecule has 0 aliphatic rings. The van der Waals surface area contributed by atoms with Crippen LogP contribution in [0, 0.1) is 10.1 Å². The van der Waals surface area contributed by atoms with Gasteiger partial charge < -0.3 is 4.98 Å². The topological polar surface area (TPSA) is 88.9 Å². The quantitative estimate of drug-likeness (QED) is 0.650. The summed E-state index contributed by atoms with van der Waals surface area (Å²) >= 11 is 1.08. The average Bonchev–Trinajstić information content (AvgIpc) is 2.93. The van der Waals surface area contributed by atoms with Gasteiger partial charge in [0.25, 0.3) is 5.56 Å². The van der Waals surface area contributed by atoms with Crippen LogP contribution < -0.4 is 5.56 Å². The van der Waals surface area contributed by atoms with Crippen LogP contribution in [0.3, 0.4) is 0 Å². The van der Waals surface area contributed by atoms with E-state index >= 15 is 0 Å². The fourth-order valence-corrected chi connectivity index (χ4v) is 2.78. The molecule has 0 aromatic carbocycles. The van der Waals surface area contributed by atoms with Crippen molar-refractivity contribution in [3.05, 3.63) is 55.1 Å². The maximum Gasteiger partial charge on any atom is 0.324 e. The van der Waals surface area contributed by atoms with Gasteiger partial charge in [0.2, 0.25) is 0 Å². The summed E-state index contributed by atoms with van der Waals surface area (Å²) in [6, 6.07) is 3.03. The summed E-state index contributed by atoms with van der Waals surface area (Å²) in [6.45, 7) is 3.99. The van der Waals surface area contributed by atoms with Gasteiger partial charge in [0.05, 0.1) is 4.92 Å². The number of aromatic nitrogens is 2. The highest BCUT2D eigenvalue weighted by Gasteiger charge is 2.10. The first kappa shape index (κ1) is 16.1. The van der Waals surface area contributed by atoms with Gasteiger partial charge in [-0.15, -0.1) is 0 Å². The standard InChI is InChI=1S/C15H17N3O3S/c1-3-5-12-8-13(19)17-15(16-12)11(4-2)6-10-7-14(18(20)21)22-9-10/h6-9H,3-5H2,1-2H3,(H,16,17,19)/b11-6-. The van der Waals surface area contributed by atoms with Gasteiger partial charge in [0.1, 0.15) is 5.82 Å². The van der Waals surface area contributed by atoms with E-state index in [4.69, 9.17) is 0 Å². The molecule has 0 saturated heterocycles. The van der Waals surface area contributed by atoms with Crippen molar-refractivity contribution in [1.29, 1.82) is 0 Å². The molecule has 2 aromatic rings. The third-order valence-corrected chi connectivity index (χ3v) is 4.01. The van der Waals surface area contributed by atoms with Gasteiger partial charge in [-0.3, -0.25) is 14.9 Å². The smallest absolute Gasteiger partial charge is 0.307 e. The number of thiophene rings is 1. The molecule has 0 aliphatic heterocycles. The van der Waals surface area contributed by atoms with Crippen LogP contribution in [-0.2, 0) is 6.42 Å². The van der Waals surface area contributed by atoms with Crippen LogP contribution >= 0.6 is 11.3 Å². The second kappa shape index (κ2) is 7.13. The largest absolute Gasteiger partial charge is 0.324 e. The van der Waals surface area contributed by atoms with Gasteiger partial charge in [-0.05, 0) is 30.1 Å². The molecule has 0 amide bonds. The van der Waals surface area contributed by atoms with Gasteiger partial charge in [-0.2, -0.15) is 0 Å². The summed E-state index contributed by atoms with van der Waals surface area (Å²) in [6.07, 6.45) is 4.16. The van der Waals surface area contributed by atoms with Gasteiger partial charge in [0, 0.05) is 23.2 Å². The fourth-order valence-electron chi connectivity index (χ4n) is 2.09. The van der Waals surface area contributed by atoms with E-state index < -0.39 is 4.92 Å². The molecule has 2 aromatic heterocycles. The number of H-pyrrole nitrogens is 1. The zero-order valence-corrected chi connectivity index (χ0v) is 13.3. The number of aromatic amines is 1. The molecular weight excluding hydrogens is 302 g/mol. The third kappa shape index (κ3) is 3.88. The first-order valence-corrected chi connectivity index (χ1v) is 7.95. The van der Waals surface area contributed by atoms with Gasteiger partial charge in [0.15, 0.2) is 0 Å². The van der Waals surface area contributed by atoms with Crippen molar-refractivity contribution < 1.29 is 4.92 Å². The highest BCUT2D eigenvalue weighted by atomic mass is 32.1. The summed E-state index contributed by atoms with van der Waals surface area (Å²) in [4.78, 5) is 29.3. The Bertz CT molecular complexity index is 761. The summed E-state index contributed by atoms with van der Waals surface area (Å²) in [5.74, 6) is 0.535. The predicted molar refractivity (Wildman–Crippen MR) is 88.0 cm³/mol. The second-order valence-electron chi connectivity index (χ2n) is 4.83. The lowest BCUT2D eigenvalue weighted by molar-refractivity contribution is -0.380. The Balaban J connectivity index is 2.40. The van der Waals surface area contributed by atoms with Crippen molar-refractivity contribution >= 4 is 28.0 Å². The molecule has 0 aliphatic carbocycles. The van der Waals surface area contributed by atoms with E-state index in [2.05, 4.69) is 9.97 Å². The molecule has 0 spiro atoms. The number of nitrogens with one attached hydrogen (secondary N) is 1. The number of nitro groups is 1. The molecule has 0 bridgehead atoms. The minimum Gasteiger partial charge on any atom is -0.307 e. The molecule has 0 fully saturated rings. The Labute approximate surface area is 131 Å². The molecule has 2 rings (SSSR count). The number of nitrogens with zero attached hydrogens (tertiary/aromatic N) is 2. The number of hydrogen-bond donors (Lipinski definition) is 1. The van der Waals surface area contributed by atoms with Crippen molar-refractivity contribution in [2.24, 2.45) is 0 Å². The zero-order chi connectivity index (χ0) is 16.1. The molecule has 7 heteroatoms. The van der Waals surface area contributed by atoms with Gasteiger partial charge in [-0.1, -0.05) is 31.6 Å². The van der Waals surface area contributed by atoms with E-state index in [1.165, 1.54) is 12.1 Å². The minimum atomic E-state index is -0.407. The Morgan fingerprint density at radius 1 is 1.45 bits per heavy atom. The van der Waals surface area contributed by atoms with Gasteiger partial charge in [-0.25, -0.2) is 4.98 Å². The van der Waals surface area contributed by atoms with Crippen molar-refractivity contribution in [2.45, 2.75) is 33.1 Å².